The smallest absolute Gasteiger partial charge is 0.125 e. The van der Waals surface area contributed by atoms with Crippen molar-refractivity contribution in [1.82, 2.24) is 14.5 Å². The van der Waals surface area contributed by atoms with Crippen molar-refractivity contribution in [2.24, 2.45) is 7.05 Å². The molecule has 0 unspecified atom stereocenters. The molecule has 1 aromatic carbocycles. The molecule has 6 heteroatoms. The lowest BCUT2D eigenvalue weighted by Gasteiger charge is -2.23. The van der Waals surface area contributed by atoms with Gasteiger partial charge in [0.2, 0.25) is 0 Å². The quantitative estimate of drug-likeness (QED) is 0.935. The van der Waals surface area contributed by atoms with Gasteiger partial charge in [0.25, 0.3) is 0 Å². The van der Waals surface area contributed by atoms with Crippen LogP contribution in [0.15, 0.2) is 36.8 Å². The first-order valence-corrected chi connectivity index (χ1v) is 8.46. The number of rotatable bonds is 4. The maximum Gasteiger partial charge on any atom is 0.125 e. The van der Waals surface area contributed by atoms with Crippen LogP contribution in [-0.2, 0) is 18.3 Å². The highest BCUT2D eigenvalue weighted by atomic mass is 19.1. The normalized spacial score (nSPS) is 27.2. The molecule has 128 valence electrons. The monoisotopic (exact) mass is 330 g/mol. The topological polar surface area (TPSA) is 42.3 Å². The molecule has 2 fully saturated rings. The molecule has 0 amide bonds. The Bertz CT molecular complexity index is 719. The maximum atomic E-state index is 13.3. The number of imidazole rings is 1. The van der Waals surface area contributed by atoms with E-state index in [1.54, 1.807) is 6.07 Å². The molecule has 1 aromatic heterocycles. The number of benzene rings is 1. The van der Waals surface area contributed by atoms with Gasteiger partial charge in [0, 0.05) is 45.0 Å². The van der Waals surface area contributed by atoms with E-state index in [1.807, 2.05) is 25.6 Å². The van der Waals surface area contributed by atoms with Gasteiger partial charge in [-0.1, -0.05) is 6.07 Å². The molecule has 0 aliphatic carbocycles. The molecule has 5 nitrogen and oxygen atoms in total. The van der Waals surface area contributed by atoms with Crippen LogP contribution in [0.3, 0.4) is 0 Å². The fourth-order valence-electron chi connectivity index (χ4n) is 3.86. The van der Waals surface area contributed by atoms with E-state index in [2.05, 4.69) is 19.8 Å². The lowest BCUT2D eigenvalue weighted by molar-refractivity contribution is 0.0118. The van der Waals surface area contributed by atoms with Gasteiger partial charge in [-0.15, -0.1) is 0 Å². The van der Waals surface area contributed by atoms with Crippen molar-refractivity contribution < 1.29 is 9.13 Å². The minimum atomic E-state index is -0.211. The van der Waals surface area contributed by atoms with Crippen molar-refractivity contribution in [3.63, 3.8) is 0 Å². The fourth-order valence-corrected chi connectivity index (χ4v) is 3.86. The summed E-state index contributed by atoms with van der Waals surface area (Å²) in [6, 6.07) is 6.87. The maximum absolute atomic E-state index is 13.3. The molecule has 2 saturated heterocycles. The number of hydrogen-bond donors (Lipinski definition) is 1. The molecule has 0 saturated carbocycles. The number of ether oxygens (including phenoxy) is 1. The summed E-state index contributed by atoms with van der Waals surface area (Å²) in [6.45, 7) is 3.57. The summed E-state index contributed by atoms with van der Waals surface area (Å²) in [7, 11) is 2.03. The molecule has 2 aromatic rings. The molecule has 1 spiro atoms. The molecule has 2 aliphatic heterocycles. The van der Waals surface area contributed by atoms with Crippen LogP contribution in [-0.4, -0.2) is 45.8 Å². The van der Waals surface area contributed by atoms with Crippen molar-refractivity contribution in [2.45, 2.75) is 31.0 Å². The van der Waals surface area contributed by atoms with Gasteiger partial charge >= 0.3 is 0 Å². The van der Waals surface area contributed by atoms with Gasteiger partial charge in [0.05, 0.1) is 30.3 Å². The van der Waals surface area contributed by atoms with Crippen molar-refractivity contribution in [2.75, 3.05) is 25.0 Å². The minimum Gasteiger partial charge on any atom is -0.380 e. The first-order valence-electron chi connectivity index (χ1n) is 8.46. The van der Waals surface area contributed by atoms with Gasteiger partial charge in [0.1, 0.15) is 5.82 Å². The Balaban J connectivity index is 1.35. The van der Waals surface area contributed by atoms with E-state index in [0.717, 1.165) is 38.2 Å². The summed E-state index contributed by atoms with van der Waals surface area (Å²) >= 11 is 0. The average molecular weight is 330 g/mol. The Kier molecular flexibility index (Phi) is 4.02. The Morgan fingerprint density at radius 2 is 2.38 bits per heavy atom. The van der Waals surface area contributed by atoms with Gasteiger partial charge in [-0.2, -0.15) is 0 Å². The summed E-state index contributed by atoms with van der Waals surface area (Å²) in [5.41, 5.74) is 1.98. The third-order valence-corrected chi connectivity index (χ3v) is 5.10. The van der Waals surface area contributed by atoms with E-state index in [4.69, 9.17) is 4.74 Å². The van der Waals surface area contributed by atoms with Crippen LogP contribution in [0.2, 0.25) is 0 Å². The highest BCUT2D eigenvalue weighted by Gasteiger charge is 2.45. The van der Waals surface area contributed by atoms with Crippen LogP contribution in [0.4, 0.5) is 10.1 Å². The molecule has 2 atom stereocenters. The molecule has 2 aliphatic rings. The molecular formula is C18H23FN4O. The number of likely N-dealkylation sites (tertiary alicyclic amines) is 1. The van der Waals surface area contributed by atoms with Gasteiger partial charge in [0.15, 0.2) is 0 Å². The summed E-state index contributed by atoms with van der Waals surface area (Å²) in [5.74, 6) is -0.211. The SMILES string of the molecule is Cn1cncc1CN1CC[C@]2(C[C@@H](Nc3cccc(F)c3)CO2)C1. The Morgan fingerprint density at radius 3 is 3.17 bits per heavy atom. The zero-order valence-corrected chi connectivity index (χ0v) is 13.9. The predicted molar refractivity (Wildman–Crippen MR) is 90.2 cm³/mol. The summed E-state index contributed by atoms with van der Waals surface area (Å²) < 4.78 is 21.6. The van der Waals surface area contributed by atoms with E-state index in [9.17, 15) is 4.39 Å². The van der Waals surface area contributed by atoms with Crippen LogP contribution in [0.25, 0.3) is 0 Å². The molecule has 4 rings (SSSR count). The standard InChI is InChI=1S/C18H23FN4O/c1-22-13-20-9-17(22)10-23-6-5-18(12-23)8-16(11-24-18)21-15-4-2-3-14(19)7-15/h2-4,7,9,13,16,21H,5-6,8,10-12H2,1H3/t16-,18+/m1/s1. The molecule has 24 heavy (non-hydrogen) atoms. The molecule has 0 bridgehead atoms. The molecular weight excluding hydrogens is 307 g/mol. The van der Waals surface area contributed by atoms with Crippen LogP contribution in [0.1, 0.15) is 18.5 Å². The Labute approximate surface area is 141 Å². The van der Waals surface area contributed by atoms with E-state index < -0.39 is 0 Å². The van der Waals surface area contributed by atoms with Crippen LogP contribution < -0.4 is 5.32 Å². The predicted octanol–water partition coefficient (Wildman–Crippen LogP) is 2.40. The van der Waals surface area contributed by atoms with Crippen LogP contribution >= 0.6 is 0 Å². The summed E-state index contributed by atoms with van der Waals surface area (Å²) in [6.07, 6.45) is 5.78. The second kappa shape index (κ2) is 6.18. The highest BCUT2D eigenvalue weighted by Crippen LogP contribution is 2.36. The van der Waals surface area contributed by atoms with E-state index in [-0.39, 0.29) is 17.5 Å². The molecule has 1 N–H and O–H groups in total. The number of aryl methyl sites for hydroxylation is 1. The van der Waals surface area contributed by atoms with Gasteiger partial charge in [-0.25, -0.2) is 9.37 Å². The number of anilines is 1. The van der Waals surface area contributed by atoms with Gasteiger partial charge < -0.3 is 14.6 Å². The zero-order valence-electron chi connectivity index (χ0n) is 13.9. The van der Waals surface area contributed by atoms with Crippen molar-refractivity contribution in [3.05, 3.63) is 48.3 Å². The van der Waals surface area contributed by atoms with E-state index >= 15 is 0 Å². The van der Waals surface area contributed by atoms with Crippen LogP contribution in [0, 0.1) is 5.82 Å². The van der Waals surface area contributed by atoms with Crippen molar-refractivity contribution >= 4 is 5.69 Å². The highest BCUT2D eigenvalue weighted by molar-refractivity contribution is 5.44. The number of nitrogens with zero attached hydrogens (tertiary/aromatic N) is 3. The lowest BCUT2D eigenvalue weighted by Crippen LogP contribution is -2.33. The van der Waals surface area contributed by atoms with E-state index in [0.29, 0.717) is 6.61 Å². The third-order valence-electron chi connectivity index (χ3n) is 5.10. The largest absolute Gasteiger partial charge is 0.380 e. The summed E-state index contributed by atoms with van der Waals surface area (Å²) in [4.78, 5) is 6.62. The second-order valence-corrected chi connectivity index (χ2v) is 7.01. The van der Waals surface area contributed by atoms with Crippen molar-refractivity contribution in [3.8, 4) is 0 Å². The lowest BCUT2D eigenvalue weighted by atomic mass is 9.97. The zero-order chi connectivity index (χ0) is 16.6. The van der Waals surface area contributed by atoms with E-state index in [1.165, 1.54) is 17.8 Å². The minimum absolute atomic E-state index is 0.0659. The average Bonchev–Trinajstić information content (AvgIpc) is 3.24. The molecule has 3 heterocycles. The van der Waals surface area contributed by atoms with Crippen LogP contribution in [0.5, 0.6) is 0 Å². The second-order valence-electron chi connectivity index (χ2n) is 7.01. The Morgan fingerprint density at radius 1 is 1.46 bits per heavy atom. The number of halogens is 1. The first-order chi connectivity index (χ1) is 11.6. The van der Waals surface area contributed by atoms with Gasteiger partial charge in [-0.05, 0) is 24.6 Å². The number of hydrogen-bond acceptors (Lipinski definition) is 4. The number of nitrogens with one attached hydrogen (secondary N) is 1. The summed E-state index contributed by atoms with van der Waals surface area (Å²) in [5, 5.41) is 3.40. The van der Waals surface area contributed by atoms with Crippen molar-refractivity contribution in [1.29, 1.82) is 0 Å². The number of aromatic nitrogens is 2. The third kappa shape index (κ3) is 3.16. The first kappa shape index (κ1) is 15.6. The Hall–Kier alpha value is -1.92. The fraction of sp³-hybridized carbons (Fsp3) is 0.500. The molecule has 0 radical (unpaired) electrons. The van der Waals surface area contributed by atoms with Gasteiger partial charge in [-0.3, -0.25) is 4.90 Å².